The Labute approximate surface area is 173 Å². The average Bonchev–Trinajstić information content (AvgIpc) is 3.11. The van der Waals surface area contributed by atoms with Crippen molar-refractivity contribution in [1.82, 2.24) is 0 Å². The van der Waals surface area contributed by atoms with Gasteiger partial charge in [0.15, 0.2) is 11.0 Å². The van der Waals surface area contributed by atoms with E-state index in [1.807, 2.05) is 0 Å². The highest BCUT2D eigenvalue weighted by Crippen LogP contribution is 2.60. The SMILES string of the molecule is C=C[C@H]1CC(C(=O)OC)(C(=O)OC)CC12C=CC(=C(C(=O)OC)C(=O)OC)C=C2F. The van der Waals surface area contributed by atoms with Crippen LogP contribution in [0.5, 0.6) is 0 Å². The number of allylic oxidation sites excluding steroid dienone is 6. The second kappa shape index (κ2) is 8.64. The van der Waals surface area contributed by atoms with E-state index in [1.165, 1.54) is 18.2 Å². The number of methoxy groups -OCH3 is 4. The van der Waals surface area contributed by atoms with Gasteiger partial charge in [-0.1, -0.05) is 18.2 Å². The summed E-state index contributed by atoms with van der Waals surface area (Å²) in [5.74, 6) is -5.09. The van der Waals surface area contributed by atoms with Crippen LogP contribution in [-0.2, 0) is 38.1 Å². The van der Waals surface area contributed by atoms with E-state index in [4.69, 9.17) is 9.47 Å². The third kappa shape index (κ3) is 3.44. The van der Waals surface area contributed by atoms with Gasteiger partial charge in [0.2, 0.25) is 0 Å². The molecule has 2 aliphatic carbocycles. The van der Waals surface area contributed by atoms with Crippen molar-refractivity contribution in [3.8, 4) is 0 Å². The van der Waals surface area contributed by atoms with E-state index >= 15 is 4.39 Å². The van der Waals surface area contributed by atoms with Crippen molar-refractivity contribution < 1.29 is 42.5 Å². The van der Waals surface area contributed by atoms with Crippen LogP contribution in [0.3, 0.4) is 0 Å². The highest BCUT2D eigenvalue weighted by Gasteiger charge is 2.63. The lowest BCUT2D eigenvalue weighted by Gasteiger charge is -2.32. The first-order valence-electron chi connectivity index (χ1n) is 8.94. The predicted molar refractivity (Wildman–Crippen MR) is 101 cm³/mol. The van der Waals surface area contributed by atoms with Gasteiger partial charge in [-0.15, -0.1) is 6.58 Å². The van der Waals surface area contributed by atoms with Gasteiger partial charge in [-0.05, 0) is 30.4 Å². The third-order valence-corrected chi connectivity index (χ3v) is 5.62. The van der Waals surface area contributed by atoms with Crippen LogP contribution in [0.25, 0.3) is 0 Å². The van der Waals surface area contributed by atoms with Crippen molar-refractivity contribution >= 4 is 23.9 Å². The molecule has 2 aliphatic rings. The molecule has 0 bridgehead atoms. The molecule has 0 aromatic rings. The van der Waals surface area contributed by atoms with Gasteiger partial charge in [0.25, 0.3) is 0 Å². The van der Waals surface area contributed by atoms with Crippen molar-refractivity contribution in [2.45, 2.75) is 12.8 Å². The monoisotopic (exact) mass is 422 g/mol. The smallest absolute Gasteiger partial charge is 0.345 e. The number of hydrogen-bond acceptors (Lipinski definition) is 8. The topological polar surface area (TPSA) is 105 Å². The Bertz CT molecular complexity index is 847. The van der Waals surface area contributed by atoms with Crippen molar-refractivity contribution in [2.75, 3.05) is 28.4 Å². The fourth-order valence-corrected chi connectivity index (χ4v) is 4.10. The Morgan fingerprint density at radius 1 is 1.03 bits per heavy atom. The van der Waals surface area contributed by atoms with Crippen LogP contribution in [0.2, 0.25) is 0 Å². The molecule has 0 saturated heterocycles. The maximum atomic E-state index is 15.5. The standard InChI is InChI=1S/C21H23FO8/c1-6-13-10-21(18(25)29-4,19(26)30-5)11-20(13)8-7-12(9-14(20)22)15(16(23)27-2)17(24)28-3/h6-9,13H,1,10-11H2,2-5H3/t13-,20?/m0/s1. The molecule has 9 heteroatoms. The second-order valence-electron chi connectivity index (χ2n) is 6.97. The maximum absolute atomic E-state index is 15.5. The van der Waals surface area contributed by atoms with Gasteiger partial charge in [-0.25, -0.2) is 14.0 Å². The van der Waals surface area contributed by atoms with Gasteiger partial charge >= 0.3 is 23.9 Å². The van der Waals surface area contributed by atoms with Crippen LogP contribution in [0.1, 0.15) is 12.8 Å². The Balaban J connectivity index is 2.63. The first-order chi connectivity index (χ1) is 14.2. The highest BCUT2D eigenvalue weighted by molar-refractivity contribution is 6.15. The molecule has 0 amide bonds. The number of esters is 4. The third-order valence-electron chi connectivity index (χ3n) is 5.62. The minimum atomic E-state index is -1.73. The van der Waals surface area contributed by atoms with Gasteiger partial charge in [0, 0.05) is 5.41 Å². The number of ether oxygens (including phenoxy) is 4. The molecule has 1 unspecified atom stereocenters. The minimum absolute atomic E-state index is 0.0618. The molecule has 1 saturated carbocycles. The van der Waals surface area contributed by atoms with Gasteiger partial charge in [0.05, 0.1) is 28.4 Å². The van der Waals surface area contributed by atoms with E-state index in [0.29, 0.717) is 0 Å². The van der Waals surface area contributed by atoms with Crippen molar-refractivity contribution in [3.05, 3.63) is 47.9 Å². The van der Waals surface area contributed by atoms with E-state index < -0.39 is 52.0 Å². The first kappa shape index (κ1) is 23.1. The molecular weight excluding hydrogens is 399 g/mol. The molecule has 30 heavy (non-hydrogen) atoms. The van der Waals surface area contributed by atoms with Gasteiger partial charge < -0.3 is 18.9 Å². The van der Waals surface area contributed by atoms with Gasteiger partial charge in [-0.3, -0.25) is 9.59 Å². The van der Waals surface area contributed by atoms with E-state index in [2.05, 4.69) is 16.1 Å². The lowest BCUT2D eigenvalue weighted by atomic mass is 9.72. The second-order valence-corrected chi connectivity index (χ2v) is 6.97. The zero-order valence-corrected chi connectivity index (χ0v) is 17.2. The summed E-state index contributed by atoms with van der Waals surface area (Å²) < 4.78 is 34.3. The summed E-state index contributed by atoms with van der Waals surface area (Å²) in [6.45, 7) is 3.71. The number of hydrogen-bond donors (Lipinski definition) is 0. The molecule has 0 aromatic carbocycles. The summed E-state index contributed by atoms with van der Waals surface area (Å²) in [6, 6.07) is 0. The summed E-state index contributed by atoms with van der Waals surface area (Å²) in [4.78, 5) is 49.0. The molecule has 1 fully saturated rings. The molecule has 0 aliphatic heterocycles. The zero-order chi connectivity index (χ0) is 22.7. The Kier molecular flexibility index (Phi) is 6.64. The Morgan fingerprint density at radius 2 is 1.57 bits per heavy atom. The van der Waals surface area contributed by atoms with Crippen molar-refractivity contribution in [1.29, 1.82) is 0 Å². The number of rotatable bonds is 5. The van der Waals surface area contributed by atoms with E-state index in [1.54, 1.807) is 0 Å². The van der Waals surface area contributed by atoms with Crippen molar-refractivity contribution in [2.24, 2.45) is 16.7 Å². The number of carbonyl (C=O) groups excluding carboxylic acids is 4. The summed E-state index contributed by atoms with van der Waals surface area (Å²) in [7, 11) is 4.41. The molecular formula is C21H23FO8. The predicted octanol–water partition coefficient (Wildman–Crippen LogP) is 1.97. The van der Waals surface area contributed by atoms with Crippen LogP contribution < -0.4 is 0 Å². The van der Waals surface area contributed by atoms with Crippen LogP contribution in [0, 0.1) is 16.7 Å². The van der Waals surface area contributed by atoms with Gasteiger partial charge in [-0.2, -0.15) is 0 Å². The fourth-order valence-electron chi connectivity index (χ4n) is 4.10. The molecule has 1 spiro atoms. The summed E-state index contributed by atoms with van der Waals surface area (Å²) in [5.41, 5.74) is -3.69. The summed E-state index contributed by atoms with van der Waals surface area (Å²) >= 11 is 0. The number of carbonyl (C=O) groups is 4. The average molecular weight is 422 g/mol. The van der Waals surface area contributed by atoms with Crippen LogP contribution in [0.4, 0.5) is 4.39 Å². The Hall–Kier alpha value is -3.23. The molecule has 0 heterocycles. The highest BCUT2D eigenvalue weighted by atomic mass is 19.1. The molecule has 2 rings (SSSR count). The molecule has 8 nitrogen and oxygen atoms in total. The molecule has 0 aromatic heterocycles. The maximum Gasteiger partial charge on any atom is 0.345 e. The van der Waals surface area contributed by atoms with E-state index in [0.717, 1.165) is 34.5 Å². The summed E-state index contributed by atoms with van der Waals surface area (Å²) in [6.07, 6.45) is 4.85. The fraction of sp³-hybridized carbons (Fsp3) is 0.429. The normalized spacial score (nSPS) is 24.0. The van der Waals surface area contributed by atoms with E-state index in [-0.39, 0.29) is 18.4 Å². The molecule has 0 N–H and O–H groups in total. The lowest BCUT2D eigenvalue weighted by molar-refractivity contribution is -0.169. The quantitative estimate of drug-likeness (QED) is 0.165. The van der Waals surface area contributed by atoms with Crippen LogP contribution >= 0.6 is 0 Å². The first-order valence-corrected chi connectivity index (χ1v) is 8.94. The van der Waals surface area contributed by atoms with Crippen molar-refractivity contribution in [3.63, 3.8) is 0 Å². The lowest BCUT2D eigenvalue weighted by Crippen LogP contribution is -2.40. The number of halogens is 1. The largest absolute Gasteiger partial charge is 0.468 e. The Morgan fingerprint density at radius 3 is 1.97 bits per heavy atom. The molecule has 0 radical (unpaired) electrons. The van der Waals surface area contributed by atoms with E-state index in [9.17, 15) is 19.2 Å². The van der Waals surface area contributed by atoms with Gasteiger partial charge in [0.1, 0.15) is 5.83 Å². The van der Waals surface area contributed by atoms with Crippen LogP contribution in [0.15, 0.2) is 47.9 Å². The van der Waals surface area contributed by atoms with Crippen LogP contribution in [-0.4, -0.2) is 52.3 Å². The molecule has 162 valence electrons. The zero-order valence-electron chi connectivity index (χ0n) is 17.2. The minimum Gasteiger partial charge on any atom is -0.468 e. The summed E-state index contributed by atoms with van der Waals surface area (Å²) in [5, 5.41) is 0. The molecule has 2 atom stereocenters.